The first-order valence-electron chi connectivity index (χ1n) is 11.9. The lowest BCUT2D eigenvalue weighted by atomic mass is 10.1. The molecule has 11 heteroatoms. The molecule has 0 bridgehead atoms. The topological polar surface area (TPSA) is 117 Å². The predicted molar refractivity (Wildman–Crippen MR) is 133 cm³/mol. The van der Waals surface area contributed by atoms with Gasteiger partial charge >= 0.3 is 0 Å². The zero-order valence-electron chi connectivity index (χ0n) is 20.5. The van der Waals surface area contributed by atoms with Crippen LogP contribution in [0.2, 0.25) is 0 Å². The first kappa shape index (κ1) is 26.5. The second-order valence-corrected chi connectivity index (χ2v) is 10.6. The van der Waals surface area contributed by atoms with E-state index in [4.69, 9.17) is 14.2 Å². The predicted octanol–water partition coefficient (Wildman–Crippen LogP) is 3.99. The van der Waals surface area contributed by atoms with Crippen LogP contribution in [0.4, 0.5) is 4.39 Å². The maximum atomic E-state index is 14.4. The van der Waals surface area contributed by atoms with Gasteiger partial charge in [-0.1, -0.05) is 19.9 Å². The van der Waals surface area contributed by atoms with Crippen molar-refractivity contribution in [2.45, 2.75) is 37.8 Å². The van der Waals surface area contributed by atoms with E-state index in [-0.39, 0.29) is 28.5 Å². The zero-order valence-corrected chi connectivity index (χ0v) is 21.3. The third-order valence-electron chi connectivity index (χ3n) is 5.39. The molecule has 1 unspecified atom stereocenters. The minimum Gasteiger partial charge on any atom is -0.493 e. The maximum Gasteiger partial charge on any atom is 0.281 e. The van der Waals surface area contributed by atoms with Crippen LogP contribution in [0.5, 0.6) is 11.6 Å². The minimum absolute atomic E-state index is 0.0874. The summed E-state index contributed by atoms with van der Waals surface area (Å²) in [6, 6.07) is 11.4. The fourth-order valence-electron chi connectivity index (χ4n) is 3.62. The Hall–Kier alpha value is -3.57. The van der Waals surface area contributed by atoms with Crippen molar-refractivity contribution in [3.8, 4) is 22.9 Å². The van der Waals surface area contributed by atoms with E-state index in [0.29, 0.717) is 43.2 Å². The molecule has 1 amide bonds. The van der Waals surface area contributed by atoms with Crippen molar-refractivity contribution in [3.63, 3.8) is 0 Å². The number of carbonyl (C=O) groups excluding carboxylic acids is 1. The lowest BCUT2D eigenvalue weighted by molar-refractivity contribution is 0.00519. The number of sulfonamides is 1. The second kappa shape index (κ2) is 11.7. The molecule has 3 aromatic rings. The molecule has 3 heterocycles. The van der Waals surface area contributed by atoms with E-state index >= 15 is 0 Å². The molecule has 0 spiro atoms. The molecule has 1 N–H and O–H groups in total. The third kappa shape index (κ3) is 7.01. The summed E-state index contributed by atoms with van der Waals surface area (Å²) in [6.45, 7) is 5.28. The molecular weight excluding hydrogens is 501 g/mol. The zero-order chi connectivity index (χ0) is 26.4. The van der Waals surface area contributed by atoms with Crippen LogP contribution in [0.15, 0.2) is 59.8 Å². The summed E-state index contributed by atoms with van der Waals surface area (Å²) in [6.07, 6.45) is 2.37. The molecular formula is C26H28FN3O6S. The molecule has 196 valence electrons. The summed E-state index contributed by atoms with van der Waals surface area (Å²) in [5.74, 6) is -0.934. The summed E-state index contributed by atoms with van der Waals surface area (Å²) in [4.78, 5) is 21.3. The number of hydrogen-bond acceptors (Lipinski definition) is 8. The average Bonchev–Trinajstić information content (AvgIpc) is 2.88. The van der Waals surface area contributed by atoms with Gasteiger partial charge in [-0.15, -0.1) is 0 Å². The Morgan fingerprint density at radius 1 is 1.22 bits per heavy atom. The molecule has 1 saturated heterocycles. The molecule has 0 radical (unpaired) electrons. The number of nitrogens with one attached hydrogen (secondary N) is 1. The Labute approximate surface area is 215 Å². The van der Waals surface area contributed by atoms with E-state index in [2.05, 4.69) is 9.97 Å². The van der Waals surface area contributed by atoms with E-state index in [9.17, 15) is 17.6 Å². The Morgan fingerprint density at radius 2 is 2.05 bits per heavy atom. The van der Waals surface area contributed by atoms with Crippen molar-refractivity contribution in [1.29, 1.82) is 0 Å². The monoisotopic (exact) mass is 529 g/mol. The van der Waals surface area contributed by atoms with Crippen LogP contribution >= 0.6 is 0 Å². The molecule has 9 nitrogen and oxygen atoms in total. The maximum absolute atomic E-state index is 14.4. The molecule has 1 aliphatic heterocycles. The van der Waals surface area contributed by atoms with Crippen LogP contribution in [0.1, 0.15) is 37.0 Å². The van der Waals surface area contributed by atoms with Crippen molar-refractivity contribution in [3.05, 3.63) is 66.1 Å². The van der Waals surface area contributed by atoms with E-state index in [1.165, 1.54) is 42.6 Å². The van der Waals surface area contributed by atoms with E-state index in [1.54, 1.807) is 12.1 Å². The lowest BCUT2D eigenvalue weighted by Crippen LogP contribution is -2.33. The van der Waals surface area contributed by atoms with Crippen molar-refractivity contribution in [2.24, 2.45) is 5.92 Å². The quantitative estimate of drug-likeness (QED) is 0.442. The number of nitrogens with zero attached hydrogens (tertiary/aromatic N) is 2. The summed E-state index contributed by atoms with van der Waals surface area (Å²) in [5.41, 5.74) is 0.642. The van der Waals surface area contributed by atoms with Crippen molar-refractivity contribution < 1.29 is 31.8 Å². The Balaban J connectivity index is 1.67. The van der Waals surface area contributed by atoms with Crippen LogP contribution in [0.3, 0.4) is 0 Å². The van der Waals surface area contributed by atoms with E-state index in [0.717, 1.165) is 6.42 Å². The van der Waals surface area contributed by atoms with Gasteiger partial charge in [0.15, 0.2) is 5.03 Å². The van der Waals surface area contributed by atoms with Crippen molar-refractivity contribution >= 4 is 15.9 Å². The molecule has 4 rings (SSSR count). The van der Waals surface area contributed by atoms with Crippen LogP contribution in [0, 0.1) is 11.7 Å². The smallest absolute Gasteiger partial charge is 0.281 e. The van der Waals surface area contributed by atoms with Crippen LogP contribution < -0.4 is 14.2 Å². The fraction of sp³-hybridized carbons (Fsp3) is 0.346. The number of amides is 1. The van der Waals surface area contributed by atoms with Crippen LogP contribution in [-0.2, 0) is 14.8 Å². The molecule has 1 aromatic carbocycles. The van der Waals surface area contributed by atoms with Crippen LogP contribution in [-0.4, -0.2) is 50.2 Å². The van der Waals surface area contributed by atoms with Gasteiger partial charge in [-0.25, -0.2) is 19.1 Å². The van der Waals surface area contributed by atoms with Crippen LogP contribution in [0.25, 0.3) is 11.3 Å². The van der Waals surface area contributed by atoms with Gasteiger partial charge in [0.1, 0.15) is 23.2 Å². The van der Waals surface area contributed by atoms with Gasteiger partial charge in [-0.3, -0.25) is 4.79 Å². The van der Waals surface area contributed by atoms with Gasteiger partial charge in [-0.05, 0) is 55.2 Å². The highest BCUT2D eigenvalue weighted by Gasteiger charge is 2.26. The molecule has 1 fully saturated rings. The third-order valence-corrected chi connectivity index (χ3v) is 6.64. The summed E-state index contributed by atoms with van der Waals surface area (Å²) in [7, 11) is -4.23. The number of halogens is 1. The second-order valence-electron chi connectivity index (χ2n) is 8.99. The Kier molecular flexibility index (Phi) is 8.34. The fourth-order valence-corrected chi connectivity index (χ4v) is 4.53. The minimum atomic E-state index is -4.23. The highest BCUT2D eigenvalue weighted by atomic mass is 32.2. The van der Waals surface area contributed by atoms with E-state index < -0.39 is 21.7 Å². The van der Waals surface area contributed by atoms with Gasteiger partial charge in [0.2, 0.25) is 5.88 Å². The first-order valence-corrected chi connectivity index (χ1v) is 13.4. The van der Waals surface area contributed by atoms with Crippen molar-refractivity contribution in [1.82, 2.24) is 14.7 Å². The standard InChI is InChI=1S/C26H28FN3O6S/c1-17(2)15-35-21-13-18(12-19(27)14-21)23-9-8-22(26(29-23)36-20-6-5-11-34-16-20)25(31)30-37(32,33)24-7-3-4-10-28-24/h3-4,7-10,12-14,17,20H,5-6,11,15-16H2,1-2H3,(H,30,31). The Bertz CT molecular complexity index is 1350. The summed E-state index contributed by atoms with van der Waals surface area (Å²) < 4.78 is 58.8. The highest BCUT2D eigenvalue weighted by molar-refractivity contribution is 7.90. The molecule has 0 saturated carbocycles. The number of carbonyl (C=O) groups is 1. The molecule has 1 aliphatic rings. The number of benzene rings is 1. The number of ether oxygens (including phenoxy) is 3. The highest BCUT2D eigenvalue weighted by Crippen LogP contribution is 2.29. The average molecular weight is 530 g/mol. The Morgan fingerprint density at radius 3 is 2.76 bits per heavy atom. The summed E-state index contributed by atoms with van der Waals surface area (Å²) in [5, 5.41) is -0.301. The first-order chi connectivity index (χ1) is 17.7. The van der Waals surface area contributed by atoms with Gasteiger partial charge in [0.25, 0.3) is 15.9 Å². The van der Waals surface area contributed by atoms with Gasteiger partial charge in [0, 0.05) is 24.4 Å². The number of aromatic nitrogens is 2. The lowest BCUT2D eigenvalue weighted by Gasteiger charge is -2.24. The molecule has 2 aromatic heterocycles. The van der Waals surface area contributed by atoms with Gasteiger partial charge in [0.05, 0.1) is 18.9 Å². The number of hydrogen-bond donors (Lipinski definition) is 1. The molecule has 1 atom stereocenters. The molecule has 37 heavy (non-hydrogen) atoms. The summed E-state index contributed by atoms with van der Waals surface area (Å²) >= 11 is 0. The SMILES string of the molecule is CC(C)COc1cc(F)cc(-c2ccc(C(=O)NS(=O)(=O)c3ccccn3)c(OC3CCCOC3)n2)c1. The van der Waals surface area contributed by atoms with Gasteiger partial charge < -0.3 is 14.2 Å². The largest absolute Gasteiger partial charge is 0.493 e. The van der Waals surface area contributed by atoms with Gasteiger partial charge in [-0.2, -0.15) is 8.42 Å². The normalized spacial score (nSPS) is 15.8. The number of rotatable bonds is 9. The molecule has 0 aliphatic carbocycles. The van der Waals surface area contributed by atoms with E-state index in [1.807, 2.05) is 18.6 Å². The number of pyridine rings is 2. The van der Waals surface area contributed by atoms with Crippen molar-refractivity contribution in [2.75, 3.05) is 19.8 Å².